The molecule has 1 N–H and O–H groups in total. The molecule has 4 nitrogen and oxygen atoms in total. The molecule has 17 heavy (non-hydrogen) atoms. The minimum absolute atomic E-state index is 0.0441. The molecule has 2 fully saturated rings. The molecule has 3 unspecified atom stereocenters. The van der Waals surface area contributed by atoms with E-state index in [1.54, 1.807) is 0 Å². The molecule has 2 aliphatic rings. The van der Waals surface area contributed by atoms with Crippen LogP contribution in [-0.4, -0.2) is 48.3 Å². The van der Waals surface area contributed by atoms with E-state index in [1.807, 2.05) is 7.05 Å². The van der Waals surface area contributed by atoms with Crippen molar-refractivity contribution in [2.75, 3.05) is 20.3 Å². The minimum Gasteiger partial charge on any atom is -0.481 e. The minimum atomic E-state index is -0.727. The molecule has 0 amide bonds. The van der Waals surface area contributed by atoms with Gasteiger partial charge in [-0.1, -0.05) is 19.3 Å². The Labute approximate surface area is 103 Å². The summed E-state index contributed by atoms with van der Waals surface area (Å²) in [5.74, 6) is -0.225. The summed E-state index contributed by atoms with van der Waals surface area (Å²) in [6, 6.07) is 0.497. The van der Waals surface area contributed by atoms with Crippen LogP contribution in [0.3, 0.4) is 0 Å². The fourth-order valence-electron chi connectivity index (χ4n) is 2.88. The van der Waals surface area contributed by atoms with Crippen LogP contribution in [0.15, 0.2) is 0 Å². The van der Waals surface area contributed by atoms with Crippen LogP contribution in [0.2, 0.25) is 0 Å². The maximum Gasteiger partial charge on any atom is 0.310 e. The van der Waals surface area contributed by atoms with Gasteiger partial charge in [-0.05, 0) is 26.3 Å². The molecule has 1 saturated heterocycles. The first kappa shape index (κ1) is 12.8. The normalized spacial score (nSPS) is 31.5. The lowest BCUT2D eigenvalue weighted by Crippen LogP contribution is -2.46. The van der Waals surface area contributed by atoms with Crippen molar-refractivity contribution in [3.63, 3.8) is 0 Å². The van der Waals surface area contributed by atoms with E-state index >= 15 is 0 Å². The van der Waals surface area contributed by atoms with Crippen LogP contribution >= 0.6 is 0 Å². The van der Waals surface area contributed by atoms with Crippen LogP contribution in [0.4, 0.5) is 0 Å². The van der Waals surface area contributed by atoms with E-state index in [-0.39, 0.29) is 12.0 Å². The van der Waals surface area contributed by atoms with E-state index in [4.69, 9.17) is 9.84 Å². The predicted molar refractivity (Wildman–Crippen MR) is 64.9 cm³/mol. The number of rotatable bonds is 5. The lowest BCUT2D eigenvalue weighted by Gasteiger charge is -2.36. The van der Waals surface area contributed by atoms with Gasteiger partial charge >= 0.3 is 5.97 Å². The molecule has 1 saturated carbocycles. The monoisotopic (exact) mass is 241 g/mol. The summed E-state index contributed by atoms with van der Waals surface area (Å²) in [4.78, 5) is 13.3. The zero-order valence-corrected chi connectivity index (χ0v) is 10.8. The van der Waals surface area contributed by atoms with Gasteiger partial charge in [-0.25, -0.2) is 0 Å². The van der Waals surface area contributed by atoms with E-state index in [9.17, 15) is 4.79 Å². The highest BCUT2D eigenvalue weighted by molar-refractivity contribution is 5.71. The number of carbonyl (C=O) groups is 1. The molecule has 0 aromatic rings. The fourth-order valence-corrected chi connectivity index (χ4v) is 2.88. The van der Waals surface area contributed by atoms with Gasteiger partial charge in [0.1, 0.15) is 0 Å². The summed E-state index contributed by atoms with van der Waals surface area (Å²) in [5.41, 5.74) is 0. The first-order valence-corrected chi connectivity index (χ1v) is 6.62. The van der Waals surface area contributed by atoms with Crippen molar-refractivity contribution < 1.29 is 14.6 Å². The summed E-state index contributed by atoms with van der Waals surface area (Å²) in [6.07, 6.45) is 5.26. The van der Waals surface area contributed by atoms with Gasteiger partial charge in [-0.15, -0.1) is 0 Å². The summed E-state index contributed by atoms with van der Waals surface area (Å²) in [5, 5.41) is 9.15. The Kier molecular flexibility index (Phi) is 4.05. The van der Waals surface area contributed by atoms with Crippen LogP contribution < -0.4 is 0 Å². The average molecular weight is 241 g/mol. The quantitative estimate of drug-likeness (QED) is 0.794. The molecule has 1 aliphatic carbocycles. The van der Waals surface area contributed by atoms with Gasteiger partial charge < -0.3 is 9.84 Å². The van der Waals surface area contributed by atoms with Crippen LogP contribution in [0.5, 0.6) is 0 Å². The molecule has 4 heteroatoms. The third-order valence-electron chi connectivity index (χ3n) is 4.49. The van der Waals surface area contributed by atoms with Gasteiger partial charge in [-0.3, -0.25) is 9.69 Å². The second-order valence-electron chi connectivity index (χ2n) is 5.60. The topological polar surface area (TPSA) is 49.8 Å². The summed E-state index contributed by atoms with van der Waals surface area (Å²) >= 11 is 0. The molecule has 98 valence electrons. The molecular formula is C13H23NO3. The van der Waals surface area contributed by atoms with Crippen molar-refractivity contribution in [1.29, 1.82) is 0 Å². The fraction of sp³-hybridized carbons (Fsp3) is 0.923. The maximum atomic E-state index is 11.1. The van der Waals surface area contributed by atoms with Crippen molar-refractivity contribution in [2.45, 2.75) is 44.7 Å². The number of carboxylic acids is 1. The highest BCUT2D eigenvalue weighted by Crippen LogP contribution is 2.32. The van der Waals surface area contributed by atoms with Crippen molar-refractivity contribution in [3.8, 4) is 0 Å². The highest BCUT2D eigenvalue weighted by Gasteiger charge is 2.38. The summed E-state index contributed by atoms with van der Waals surface area (Å²) in [7, 11) is 2.04. The van der Waals surface area contributed by atoms with Crippen molar-refractivity contribution >= 4 is 5.97 Å². The Morgan fingerprint density at radius 2 is 2.18 bits per heavy atom. The van der Waals surface area contributed by atoms with E-state index in [1.165, 1.54) is 25.7 Å². The van der Waals surface area contributed by atoms with Gasteiger partial charge in [0.2, 0.25) is 0 Å². The van der Waals surface area contributed by atoms with Gasteiger partial charge in [0, 0.05) is 12.1 Å². The second-order valence-corrected chi connectivity index (χ2v) is 5.60. The van der Waals surface area contributed by atoms with Gasteiger partial charge in [0.05, 0.1) is 19.1 Å². The number of nitrogens with zero attached hydrogens (tertiary/aromatic N) is 1. The van der Waals surface area contributed by atoms with Crippen molar-refractivity contribution in [1.82, 2.24) is 4.90 Å². The lowest BCUT2D eigenvalue weighted by molar-refractivity contribution is -0.143. The molecular weight excluding hydrogens is 218 g/mol. The molecule has 0 aromatic heterocycles. The zero-order valence-electron chi connectivity index (χ0n) is 10.8. The van der Waals surface area contributed by atoms with E-state index in [2.05, 4.69) is 11.8 Å². The van der Waals surface area contributed by atoms with Gasteiger partial charge in [0.25, 0.3) is 0 Å². The van der Waals surface area contributed by atoms with Gasteiger partial charge in [0.15, 0.2) is 0 Å². The first-order chi connectivity index (χ1) is 8.09. The molecule has 0 bridgehead atoms. The van der Waals surface area contributed by atoms with Gasteiger partial charge in [-0.2, -0.15) is 0 Å². The van der Waals surface area contributed by atoms with Crippen LogP contribution in [0, 0.1) is 11.8 Å². The molecule has 0 radical (unpaired) electrons. The Morgan fingerprint density at radius 3 is 2.71 bits per heavy atom. The molecule has 3 atom stereocenters. The number of hydrogen-bond donors (Lipinski definition) is 1. The van der Waals surface area contributed by atoms with Crippen molar-refractivity contribution in [2.24, 2.45) is 11.8 Å². The third kappa shape index (κ3) is 2.80. The largest absolute Gasteiger partial charge is 0.481 e. The maximum absolute atomic E-state index is 11.1. The smallest absolute Gasteiger partial charge is 0.310 e. The second kappa shape index (κ2) is 5.36. The SMILES string of the molecule is CC(CC1CCC1)N(C)C1COCC1C(=O)O. The average Bonchev–Trinajstić information content (AvgIpc) is 2.70. The molecule has 1 heterocycles. The summed E-state index contributed by atoms with van der Waals surface area (Å²) in [6.45, 7) is 3.12. The standard InChI is InChI=1S/C13H23NO3/c1-9(6-10-4-3-5-10)14(2)12-8-17-7-11(12)13(15)16/h9-12H,3-8H2,1-2H3,(H,15,16). The Morgan fingerprint density at radius 1 is 1.47 bits per heavy atom. The Hall–Kier alpha value is -0.610. The first-order valence-electron chi connectivity index (χ1n) is 6.62. The Bertz CT molecular complexity index is 278. The van der Waals surface area contributed by atoms with Crippen LogP contribution in [0.1, 0.15) is 32.6 Å². The number of ether oxygens (including phenoxy) is 1. The van der Waals surface area contributed by atoms with E-state index in [0.717, 1.165) is 5.92 Å². The van der Waals surface area contributed by atoms with Crippen LogP contribution in [-0.2, 0) is 9.53 Å². The number of aliphatic carboxylic acids is 1. The molecule has 0 spiro atoms. The molecule has 1 aliphatic heterocycles. The highest BCUT2D eigenvalue weighted by atomic mass is 16.5. The molecule has 0 aromatic carbocycles. The lowest BCUT2D eigenvalue weighted by atomic mass is 9.80. The molecule has 2 rings (SSSR count). The van der Waals surface area contributed by atoms with E-state index < -0.39 is 5.97 Å². The number of hydrogen-bond acceptors (Lipinski definition) is 3. The number of carboxylic acid groups (broad SMARTS) is 1. The van der Waals surface area contributed by atoms with Crippen LogP contribution in [0.25, 0.3) is 0 Å². The van der Waals surface area contributed by atoms with E-state index in [0.29, 0.717) is 19.3 Å². The van der Waals surface area contributed by atoms with Crippen molar-refractivity contribution in [3.05, 3.63) is 0 Å². The summed E-state index contributed by atoms with van der Waals surface area (Å²) < 4.78 is 5.33. The number of likely N-dealkylation sites (N-methyl/N-ethyl adjacent to an activating group) is 1. The third-order valence-corrected chi connectivity index (χ3v) is 4.49. The predicted octanol–water partition coefficient (Wildman–Crippen LogP) is 1.60. The zero-order chi connectivity index (χ0) is 12.4. The Balaban J connectivity index is 1.88.